The number of carbonyl (C=O) groups excluding carboxylic acids is 2. The van der Waals surface area contributed by atoms with Crippen LogP contribution in [0.2, 0.25) is 0 Å². The fourth-order valence-electron chi connectivity index (χ4n) is 4.99. The van der Waals surface area contributed by atoms with Crippen molar-refractivity contribution in [2.45, 2.75) is 31.7 Å². The van der Waals surface area contributed by atoms with Gasteiger partial charge in [0.25, 0.3) is 5.91 Å². The number of nitrogens with zero attached hydrogens (tertiary/aromatic N) is 3. The van der Waals surface area contributed by atoms with Crippen LogP contribution in [0.5, 0.6) is 5.75 Å². The largest absolute Gasteiger partial charge is 0.420 e. The van der Waals surface area contributed by atoms with Crippen LogP contribution in [-0.2, 0) is 17.6 Å². The number of carbonyl (C=O) groups is 2. The summed E-state index contributed by atoms with van der Waals surface area (Å²) in [5, 5.41) is 4.37. The lowest BCUT2D eigenvalue weighted by Crippen LogP contribution is -2.45. The summed E-state index contributed by atoms with van der Waals surface area (Å²) in [5.41, 5.74) is 4.32. The fraction of sp³-hybridized carbons (Fsp3) is 0.280. The molecule has 3 aromatic rings. The molecule has 0 bridgehead atoms. The number of esters is 1. The molecule has 7 heteroatoms. The minimum absolute atomic E-state index is 0.0191. The molecule has 1 aliphatic carbocycles. The molecule has 1 unspecified atom stereocenters. The minimum atomic E-state index is -0.654. The molecule has 1 atom stereocenters. The van der Waals surface area contributed by atoms with E-state index in [4.69, 9.17) is 4.74 Å². The molecule has 2 aliphatic rings. The number of fused-ring (bicyclic) bond motifs is 3. The van der Waals surface area contributed by atoms with Gasteiger partial charge in [0.15, 0.2) is 5.69 Å². The monoisotopic (exact) mass is 429 g/mol. The standard InChI is InChI=1S/C25H23N3O4/c1-15(29)32-24-21(30)13-26-28-20(14-27(2)25(31)23(24)28)22-18-9-5-3-7-16(18)11-12-17-8-4-6-10-19(17)22/h3-10,13,20,22H,11-12,14H2,1-2H3. The second-order valence-corrected chi connectivity index (χ2v) is 8.35. The molecule has 0 fully saturated rings. The number of likely N-dealkylation sites (N-methyl/N-ethyl adjacent to an activating group) is 1. The third-order valence-corrected chi connectivity index (χ3v) is 6.37. The fourth-order valence-corrected chi connectivity index (χ4v) is 4.99. The van der Waals surface area contributed by atoms with Crippen molar-refractivity contribution >= 4 is 11.9 Å². The topological polar surface area (TPSA) is 81.5 Å². The van der Waals surface area contributed by atoms with Gasteiger partial charge in [0.2, 0.25) is 11.2 Å². The van der Waals surface area contributed by atoms with E-state index >= 15 is 0 Å². The van der Waals surface area contributed by atoms with Gasteiger partial charge in [-0.1, -0.05) is 48.5 Å². The maximum Gasteiger partial charge on any atom is 0.308 e. The highest BCUT2D eigenvalue weighted by Gasteiger charge is 2.40. The van der Waals surface area contributed by atoms with Crippen LogP contribution in [0.25, 0.3) is 0 Å². The van der Waals surface area contributed by atoms with E-state index < -0.39 is 17.3 Å². The zero-order valence-electron chi connectivity index (χ0n) is 17.9. The summed E-state index contributed by atoms with van der Waals surface area (Å²) < 4.78 is 6.79. The van der Waals surface area contributed by atoms with Crippen LogP contribution in [0.3, 0.4) is 0 Å². The average molecular weight is 429 g/mol. The van der Waals surface area contributed by atoms with Gasteiger partial charge in [-0.15, -0.1) is 0 Å². The molecule has 2 heterocycles. The van der Waals surface area contributed by atoms with E-state index in [1.807, 2.05) is 24.3 Å². The first kappa shape index (κ1) is 20.2. The lowest BCUT2D eigenvalue weighted by molar-refractivity contribution is -0.132. The molecular weight excluding hydrogens is 406 g/mol. The van der Waals surface area contributed by atoms with Crippen LogP contribution < -0.4 is 10.2 Å². The van der Waals surface area contributed by atoms with Crippen LogP contribution >= 0.6 is 0 Å². The summed E-state index contributed by atoms with van der Waals surface area (Å²) in [6.07, 6.45) is 2.98. The van der Waals surface area contributed by atoms with Crippen molar-refractivity contribution in [1.29, 1.82) is 0 Å². The van der Waals surface area contributed by atoms with Crippen molar-refractivity contribution in [1.82, 2.24) is 14.7 Å². The van der Waals surface area contributed by atoms with E-state index in [0.29, 0.717) is 6.54 Å². The predicted molar refractivity (Wildman–Crippen MR) is 118 cm³/mol. The second-order valence-electron chi connectivity index (χ2n) is 8.35. The van der Waals surface area contributed by atoms with Crippen molar-refractivity contribution in [3.63, 3.8) is 0 Å². The molecule has 162 valence electrons. The Morgan fingerprint density at radius 1 is 1.00 bits per heavy atom. The zero-order chi connectivity index (χ0) is 22.4. The number of hydrogen-bond acceptors (Lipinski definition) is 5. The number of aromatic nitrogens is 2. The molecule has 1 aromatic heterocycles. The summed E-state index contributed by atoms with van der Waals surface area (Å²) in [7, 11) is 1.70. The first-order chi connectivity index (χ1) is 15.5. The second kappa shape index (κ2) is 7.75. The summed E-state index contributed by atoms with van der Waals surface area (Å²) in [4.78, 5) is 38.8. The van der Waals surface area contributed by atoms with E-state index in [-0.39, 0.29) is 23.4 Å². The summed E-state index contributed by atoms with van der Waals surface area (Å²) >= 11 is 0. The van der Waals surface area contributed by atoms with Gasteiger partial charge in [-0.3, -0.25) is 19.1 Å². The Morgan fingerprint density at radius 2 is 1.59 bits per heavy atom. The molecule has 0 saturated carbocycles. The minimum Gasteiger partial charge on any atom is -0.420 e. The molecule has 7 nitrogen and oxygen atoms in total. The van der Waals surface area contributed by atoms with Gasteiger partial charge in [-0.05, 0) is 35.1 Å². The highest BCUT2D eigenvalue weighted by molar-refractivity contribution is 5.96. The molecule has 5 rings (SSSR count). The molecule has 0 N–H and O–H groups in total. The van der Waals surface area contributed by atoms with Gasteiger partial charge in [0.1, 0.15) is 0 Å². The molecule has 0 radical (unpaired) electrons. The highest BCUT2D eigenvalue weighted by Crippen LogP contribution is 2.43. The van der Waals surface area contributed by atoms with E-state index in [1.54, 1.807) is 16.6 Å². The number of hydrogen-bond donors (Lipinski definition) is 0. The van der Waals surface area contributed by atoms with Crippen LogP contribution in [0, 0.1) is 0 Å². The van der Waals surface area contributed by atoms with Gasteiger partial charge in [0, 0.05) is 26.4 Å². The Kier molecular flexibility index (Phi) is 4.89. The predicted octanol–water partition coefficient (Wildman–Crippen LogP) is 2.73. The van der Waals surface area contributed by atoms with Gasteiger partial charge >= 0.3 is 5.97 Å². The van der Waals surface area contributed by atoms with Gasteiger partial charge in [-0.2, -0.15) is 5.10 Å². The van der Waals surface area contributed by atoms with Crippen LogP contribution in [-0.4, -0.2) is 40.1 Å². The third-order valence-electron chi connectivity index (χ3n) is 6.37. The van der Waals surface area contributed by atoms with E-state index in [1.165, 1.54) is 29.2 Å². The van der Waals surface area contributed by atoms with Crippen molar-refractivity contribution < 1.29 is 14.3 Å². The van der Waals surface area contributed by atoms with Gasteiger partial charge < -0.3 is 9.64 Å². The lowest BCUT2D eigenvalue weighted by Gasteiger charge is -2.38. The Bertz CT molecular complexity index is 1250. The molecule has 2 aromatic carbocycles. The van der Waals surface area contributed by atoms with E-state index in [2.05, 4.69) is 29.4 Å². The molecule has 1 aliphatic heterocycles. The van der Waals surface area contributed by atoms with Gasteiger partial charge in [-0.25, -0.2) is 0 Å². The molecule has 1 amide bonds. The Labute approximate surface area is 185 Å². The summed E-state index contributed by atoms with van der Waals surface area (Å²) in [5.74, 6) is -1.39. The maximum absolute atomic E-state index is 13.1. The first-order valence-electron chi connectivity index (χ1n) is 10.7. The van der Waals surface area contributed by atoms with Crippen LogP contribution in [0.4, 0.5) is 0 Å². The smallest absolute Gasteiger partial charge is 0.308 e. The van der Waals surface area contributed by atoms with E-state index in [0.717, 1.165) is 19.0 Å². The maximum atomic E-state index is 13.1. The van der Waals surface area contributed by atoms with E-state index in [9.17, 15) is 14.4 Å². The molecule has 0 saturated heterocycles. The Hall–Kier alpha value is -3.74. The summed E-state index contributed by atoms with van der Waals surface area (Å²) in [6, 6.07) is 16.4. The molecule has 32 heavy (non-hydrogen) atoms. The van der Waals surface area contributed by atoms with Crippen LogP contribution in [0.1, 0.15) is 51.6 Å². The van der Waals surface area contributed by atoms with Crippen molar-refractivity contribution in [3.8, 4) is 5.75 Å². The van der Waals surface area contributed by atoms with Crippen molar-refractivity contribution in [2.24, 2.45) is 0 Å². The average Bonchev–Trinajstić information content (AvgIpc) is 2.94. The zero-order valence-corrected chi connectivity index (χ0v) is 17.9. The number of aryl methyl sites for hydroxylation is 2. The highest BCUT2D eigenvalue weighted by atomic mass is 16.5. The van der Waals surface area contributed by atoms with Crippen molar-refractivity contribution in [2.75, 3.05) is 13.6 Å². The SMILES string of the molecule is CC(=O)Oc1c2n(ncc1=O)C(C1c3ccccc3CCc3ccccc31)CN(C)C2=O. The molecular formula is C25H23N3O4. The molecule has 0 spiro atoms. The number of ether oxygens (including phenoxy) is 1. The van der Waals surface area contributed by atoms with Crippen molar-refractivity contribution in [3.05, 3.63) is 92.9 Å². The third kappa shape index (κ3) is 3.21. The van der Waals surface area contributed by atoms with Crippen LogP contribution in [0.15, 0.2) is 59.5 Å². The first-order valence-corrected chi connectivity index (χ1v) is 10.7. The Morgan fingerprint density at radius 3 is 2.19 bits per heavy atom. The van der Waals surface area contributed by atoms with Gasteiger partial charge in [0.05, 0.1) is 12.2 Å². The number of benzene rings is 2. The quantitative estimate of drug-likeness (QED) is 0.585. The number of rotatable bonds is 2. The normalized spacial score (nSPS) is 17.8. The number of amides is 1. The summed E-state index contributed by atoms with van der Waals surface area (Å²) in [6.45, 7) is 1.62. The lowest BCUT2D eigenvalue weighted by atomic mass is 9.81. The Balaban J connectivity index is 1.77.